The molecule has 0 aliphatic rings. The van der Waals surface area contributed by atoms with Gasteiger partial charge in [-0.3, -0.25) is 0 Å². The van der Waals surface area contributed by atoms with Crippen molar-refractivity contribution in [3.05, 3.63) is 77.9 Å². The van der Waals surface area contributed by atoms with Gasteiger partial charge in [0.15, 0.2) is 0 Å². The van der Waals surface area contributed by atoms with Crippen molar-refractivity contribution in [3.63, 3.8) is 0 Å². The summed E-state index contributed by atoms with van der Waals surface area (Å²) in [5.74, 6) is 0.240. The minimum Gasteiger partial charge on any atom is -0.423 e. The number of esters is 1. The summed E-state index contributed by atoms with van der Waals surface area (Å²) in [5, 5.41) is 15.5. The van der Waals surface area contributed by atoms with Gasteiger partial charge in [-0.15, -0.1) is 0 Å². The Bertz CT molecular complexity index is 704. The Kier molecular flexibility index (Phi) is 6.62. The molecule has 0 saturated heterocycles. The van der Waals surface area contributed by atoms with Gasteiger partial charge in [-0.1, -0.05) is 42.5 Å². The van der Waals surface area contributed by atoms with E-state index in [-0.39, 0.29) is 11.5 Å². The van der Waals surface area contributed by atoms with E-state index in [4.69, 9.17) is 15.3 Å². The van der Waals surface area contributed by atoms with Gasteiger partial charge >= 0.3 is 5.97 Å². The molecular formula is C18H14N2O2. The van der Waals surface area contributed by atoms with Crippen LogP contribution in [0.4, 0.5) is 0 Å². The van der Waals surface area contributed by atoms with Crippen LogP contribution in [0.1, 0.15) is 15.9 Å². The van der Waals surface area contributed by atoms with E-state index < -0.39 is 0 Å². The molecule has 0 amide bonds. The Morgan fingerprint density at radius 1 is 1.00 bits per heavy atom. The lowest BCUT2D eigenvalue weighted by molar-refractivity contribution is 0.0734. The number of hydrogen-bond acceptors (Lipinski definition) is 4. The van der Waals surface area contributed by atoms with Crippen molar-refractivity contribution in [3.8, 4) is 17.9 Å². The van der Waals surface area contributed by atoms with Crippen LogP contribution in [0.3, 0.4) is 0 Å². The first-order valence-electron chi connectivity index (χ1n) is 6.40. The molecule has 0 aromatic heterocycles. The maximum Gasteiger partial charge on any atom is 0.343 e. The summed E-state index contributed by atoms with van der Waals surface area (Å²) in [5.41, 5.74) is 1.65. The zero-order chi connectivity index (χ0) is 16.4. The number of allylic oxidation sites excluding steroid dienone is 1. The van der Waals surface area contributed by atoms with Crippen LogP contribution in [0.25, 0.3) is 0 Å². The van der Waals surface area contributed by atoms with E-state index >= 15 is 0 Å². The first-order chi connectivity index (χ1) is 10.6. The average Bonchev–Trinajstić information content (AvgIpc) is 2.57. The standard InChI is InChI=1S/C14H12O2.C4H2N2/c1-11-7-9-13(10-8-11)16-14(15)12-5-3-2-4-6-12;1-4(2-5)3-6/h2-10H,1H3;1H2. The molecule has 0 aliphatic heterocycles. The fourth-order valence-corrected chi connectivity index (χ4v) is 1.37. The van der Waals surface area contributed by atoms with Gasteiger partial charge in [0.1, 0.15) is 23.5 Å². The Hall–Kier alpha value is -3.37. The van der Waals surface area contributed by atoms with Gasteiger partial charge in [-0.25, -0.2) is 4.79 Å². The number of benzene rings is 2. The minimum absolute atomic E-state index is 0.0463. The second-order valence-electron chi connectivity index (χ2n) is 4.27. The van der Waals surface area contributed by atoms with Crippen LogP contribution in [-0.2, 0) is 0 Å². The lowest BCUT2D eigenvalue weighted by Crippen LogP contribution is -2.07. The van der Waals surface area contributed by atoms with Crippen molar-refractivity contribution in [2.24, 2.45) is 0 Å². The number of hydrogen-bond donors (Lipinski definition) is 0. The quantitative estimate of drug-likeness (QED) is 0.479. The molecule has 108 valence electrons. The van der Waals surface area contributed by atoms with Crippen LogP contribution < -0.4 is 4.74 Å². The molecule has 2 aromatic carbocycles. The highest BCUT2D eigenvalue weighted by Crippen LogP contribution is 2.13. The van der Waals surface area contributed by atoms with E-state index in [1.165, 1.54) is 0 Å². The van der Waals surface area contributed by atoms with Gasteiger partial charge in [-0.2, -0.15) is 10.5 Å². The molecule has 0 spiro atoms. The highest BCUT2D eigenvalue weighted by atomic mass is 16.5. The van der Waals surface area contributed by atoms with E-state index in [0.717, 1.165) is 5.56 Å². The molecule has 0 unspecified atom stereocenters. The molecule has 0 N–H and O–H groups in total. The number of ether oxygens (including phenoxy) is 1. The van der Waals surface area contributed by atoms with Crippen molar-refractivity contribution in [1.82, 2.24) is 0 Å². The van der Waals surface area contributed by atoms with Gasteiger partial charge in [0.05, 0.1) is 5.56 Å². The molecule has 2 rings (SSSR count). The van der Waals surface area contributed by atoms with E-state index in [1.54, 1.807) is 36.4 Å². The maximum absolute atomic E-state index is 11.7. The highest BCUT2D eigenvalue weighted by molar-refractivity contribution is 5.90. The molecule has 0 heterocycles. The third-order valence-electron chi connectivity index (χ3n) is 2.51. The van der Waals surface area contributed by atoms with Gasteiger partial charge in [0.2, 0.25) is 0 Å². The average molecular weight is 290 g/mol. The van der Waals surface area contributed by atoms with E-state index in [2.05, 4.69) is 6.58 Å². The lowest BCUT2D eigenvalue weighted by Gasteiger charge is -2.04. The number of carbonyl (C=O) groups excluding carboxylic acids is 1. The SMILES string of the molecule is C=C(C#N)C#N.Cc1ccc(OC(=O)c2ccccc2)cc1. The highest BCUT2D eigenvalue weighted by Gasteiger charge is 2.06. The summed E-state index contributed by atoms with van der Waals surface area (Å²) in [6.45, 7) is 5.06. The fraction of sp³-hybridized carbons (Fsp3) is 0.0556. The molecular weight excluding hydrogens is 276 g/mol. The maximum atomic E-state index is 11.7. The van der Waals surface area contributed by atoms with Crippen molar-refractivity contribution < 1.29 is 9.53 Å². The Morgan fingerprint density at radius 2 is 1.55 bits per heavy atom. The van der Waals surface area contributed by atoms with Crippen LogP contribution in [0.15, 0.2) is 66.7 Å². The van der Waals surface area contributed by atoms with Gasteiger partial charge in [-0.05, 0) is 31.2 Å². The van der Waals surface area contributed by atoms with Crippen molar-refractivity contribution in [1.29, 1.82) is 10.5 Å². The number of nitrogens with zero attached hydrogens (tertiary/aromatic N) is 2. The summed E-state index contributed by atoms with van der Waals surface area (Å²) < 4.78 is 5.22. The second kappa shape index (κ2) is 8.73. The van der Waals surface area contributed by atoms with Gasteiger partial charge in [0, 0.05) is 0 Å². The molecule has 0 radical (unpaired) electrons. The van der Waals surface area contributed by atoms with Crippen LogP contribution in [0.2, 0.25) is 0 Å². The zero-order valence-electron chi connectivity index (χ0n) is 12.1. The summed E-state index contributed by atoms with van der Waals surface area (Å²) in [6, 6.07) is 19.5. The van der Waals surface area contributed by atoms with E-state index in [9.17, 15) is 4.79 Å². The molecule has 0 fully saturated rings. The van der Waals surface area contributed by atoms with E-state index in [0.29, 0.717) is 11.3 Å². The number of rotatable bonds is 2. The number of aryl methyl sites for hydroxylation is 1. The Morgan fingerprint density at radius 3 is 2.00 bits per heavy atom. The second-order valence-corrected chi connectivity index (χ2v) is 4.27. The third-order valence-corrected chi connectivity index (χ3v) is 2.51. The first-order valence-corrected chi connectivity index (χ1v) is 6.40. The molecule has 4 heteroatoms. The molecule has 0 atom stereocenters. The van der Waals surface area contributed by atoms with Crippen LogP contribution >= 0.6 is 0 Å². The molecule has 0 bridgehead atoms. The largest absolute Gasteiger partial charge is 0.423 e. The van der Waals surface area contributed by atoms with Crippen molar-refractivity contribution in [2.45, 2.75) is 6.92 Å². The predicted molar refractivity (Wildman–Crippen MR) is 82.9 cm³/mol. The van der Waals surface area contributed by atoms with Gasteiger partial charge in [0.25, 0.3) is 0 Å². The van der Waals surface area contributed by atoms with Crippen LogP contribution in [0, 0.1) is 29.6 Å². The summed E-state index contributed by atoms with van der Waals surface area (Å²) in [7, 11) is 0. The summed E-state index contributed by atoms with van der Waals surface area (Å²) >= 11 is 0. The Balaban J connectivity index is 0.000000346. The van der Waals surface area contributed by atoms with Gasteiger partial charge < -0.3 is 4.74 Å². The van der Waals surface area contributed by atoms with Crippen molar-refractivity contribution in [2.75, 3.05) is 0 Å². The number of nitriles is 2. The predicted octanol–water partition coefficient (Wildman–Crippen LogP) is 3.80. The Labute approximate surface area is 129 Å². The summed E-state index contributed by atoms with van der Waals surface area (Å²) in [6.07, 6.45) is 0. The minimum atomic E-state index is -0.329. The molecule has 4 nitrogen and oxygen atoms in total. The molecule has 22 heavy (non-hydrogen) atoms. The topological polar surface area (TPSA) is 73.9 Å². The lowest BCUT2D eigenvalue weighted by atomic mass is 10.2. The smallest absolute Gasteiger partial charge is 0.343 e. The van der Waals surface area contributed by atoms with Crippen molar-refractivity contribution >= 4 is 5.97 Å². The first kappa shape index (κ1) is 16.7. The van der Waals surface area contributed by atoms with Crippen LogP contribution in [-0.4, -0.2) is 5.97 Å². The third kappa shape index (κ3) is 5.73. The zero-order valence-corrected chi connectivity index (χ0v) is 12.1. The summed E-state index contributed by atoms with van der Waals surface area (Å²) in [4.78, 5) is 11.7. The normalized spacial score (nSPS) is 8.50. The molecule has 0 saturated carbocycles. The number of carbonyl (C=O) groups is 1. The molecule has 2 aromatic rings. The molecule has 0 aliphatic carbocycles. The van der Waals surface area contributed by atoms with Crippen LogP contribution in [0.5, 0.6) is 5.75 Å². The monoisotopic (exact) mass is 290 g/mol. The van der Waals surface area contributed by atoms with E-state index in [1.807, 2.05) is 37.3 Å². The fourth-order valence-electron chi connectivity index (χ4n) is 1.37.